The van der Waals surface area contributed by atoms with Crippen LogP contribution in [-0.4, -0.2) is 78.0 Å². The third kappa shape index (κ3) is 4.78. The lowest BCUT2D eigenvalue weighted by Crippen LogP contribution is -2.52. The zero-order valence-corrected chi connectivity index (χ0v) is 14.7. The van der Waals surface area contributed by atoms with Gasteiger partial charge in [0.05, 0.1) is 38.4 Å². The van der Waals surface area contributed by atoms with E-state index in [0.29, 0.717) is 44.8 Å². The summed E-state index contributed by atoms with van der Waals surface area (Å²) in [6.45, 7) is 2.14. The lowest BCUT2D eigenvalue weighted by Gasteiger charge is -2.37. The fourth-order valence-corrected chi connectivity index (χ4v) is 3.32. The molecule has 2 saturated heterocycles. The van der Waals surface area contributed by atoms with Crippen LogP contribution >= 0.6 is 0 Å². The van der Waals surface area contributed by atoms with Gasteiger partial charge in [0, 0.05) is 19.3 Å². The number of amides is 2. The highest BCUT2D eigenvalue weighted by Gasteiger charge is 2.34. The number of nitrogens with zero attached hydrogens (tertiary/aromatic N) is 2. The second-order valence-electron chi connectivity index (χ2n) is 6.55. The third-order valence-electron chi connectivity index (χ3n) is 4.78. The van der Waals surface area contributed by atoms with Crippen molar-refractivity contribution in [2.45, 2.75) is 37.5 Å². The summed E-state index contributed by atoms with van der Waals surface area (Å²) in [7, 11) is 0. The maximum atomic E-state index is 12.4. The van der Waals surface area contributed by atoms with Gasteiger partial charge in [-0.1, -0.05) is 6.07 Å². The number of rotatable bonds is 5. The van der Waals surface area contributed by atoms with E-state index in [4.69, 9.17) is 9.47 Å². The van der Waals surface area contributed by atoms with Gasteiger partial charge in [-0.25, -0.2) is 0 Å². The highest BCUT2D eigenvalue weighted by Crippen LogP contribution is 2.23. The Bertz CT molecular complexity index is 606. The molecule has 142 valence electrons. The fraction of sp³-hybridized carbons (Fsp3) is 0.611. The molecule has 2 amide bonds. The van der Waals surface area contributed by atoms with E-state index in [1.54, 1.807) is 29.3 Å². The molecule has 26 heavy (non-hydrogen) atoms. The summed E-state index contributed by atoms with van der Waals surface area (Å²) < 4.78 is 11.1. The van der Waals surface area contributed by atoms with Crippen LogP contribution in [-0.2, 0) is 14.3 Å². The van der Waals surface area contributed by atoms with E-state index in [0.717, 1.165) is 0 Å². The number of morpholine rings is 1. The summed E-state index contributed by atoms with van der Waals surface area (Å²) in [5, 5.41) is 12.5. The standard InChI is InChI=1S/C18H25N3O5/c22-12-16-14(20-18(24)15-3-1-2-6-19-15)5-4-13(26-16)11-17(23)21-7-9-25-10-8-21/h1-3,6,13-14,16,22H,4-5,7-12H2,(H,20,24)/t13-,14+,16-/m1/s1. The first-order valence-corrected chi connectivity index (χ1v) is 9.01. The van der Waals surface area contributed by atoms with Crippen LogP contribution in [0.3, 0.4) is 0 Å². The van der Waals surface area contributed by atoms with E-state index >= 15 is 0 Å². The minimum atomic E-state index is -0.529. The molecule has 3 atom stereocenters. The largest absolute Gasteiger partial charge is 0.394 e. The summed E-state index contributed by atoms with van der Waals surface area (Å²) in [6.07, 6.45) is 2.37. The quantitative estimate of drug-likeness (QED) is 0.762. The molecule has 8 heteroatoms. The van der Waals surface area contributed by atoms with E-state index in [2.05, 4.69) is 10.3 Å². The molecule has 0 unspecified atom stereocenters. The Hall–Kier alpha value is -2.03. The van der Waals surface area contributed by atoms with E-state index in [9.17, 15) is 14.7 Å². The highest BCUT2D eigenvalue weighted by molar-refractivity contribution is 5.92. The predicted molar refractivity (Wildman–Crippen MR) is 92.5 cm³/mol. The topological polar surface area (TPSA) is 101 Å². The van der Waals surface area contributed by atoms with Gasteiger partial charge < -0.3 is 24.8 Å². The fourth-order valence-electron chi connectivity index (χ4n) is 3.32. The number of carbonyl (C=O) groups excluding carboxylic acids is 2. The zero-order chi connectivity index (χ0) is 18.4. The Morgan fingerprint density at radius 1 is 1.27 bits per heavy atom. The second-order valence-corrected chi connectivity index (χ2v) is 6.55. The molecule has 2 aliphatic heterocycles. The Labute approximate surface area is 152 Å². The van der Waals surface area contributed by atoms with Gasteiger partial charge in [-0.05, 0) is 25.0 Å². The van der Waals surface area contributed by atoms with Gasteiger partial charge in [0.25, 0.3) is 5.91 Å². The minimum absolute atomic E-state index is 0.0472. The number of nitrogens with one attached hydrogen (secondary N) is 1. The van der Waals surface area contributed by atoms with Gasteiger partial charge in [0.1, 0.15) is 11.8 Å². The van der Waals surface area contributed by atoms with Crippen molar-refractivity contribution >= 4 is 11.8 Å². The smallest absolute Gasteiger partial charge is 0.270 e. The molecule has 1 aromatic heterocycles. The lowest BCUT2D eigenvalue weighted by molar-refractivity contribution is -0.143. The number of pyridine rings is 1. The van der Waals surface area contributed by atoms with Crippen LogP contribution in [0.2, 0.25) is 0 Å². The Kier molecular flexibility index (Phi) is 6.54. The van der Waals surface area contributed by atoms with Gasteiger partial charge in [-0.15, -0.1) is 0 Å². The second kappa shape index (κ2) is 9.07. The van der Waals surface area contributed by atoms with Gasteiger partial charge in [-0.2, -0.15) is 0 Å². The summed E-state index contributed by atoms with van der Waals surface area (Å²) in [4.78, 5) is 30.4. The number of aromatic nitrogens is 1. The zero-order valence-electron chi connectivity index (χ0n) is 14.7. The van der Waals surface area contributed by atoms with Crippen molar-refractivity contribution in [2.24, 2.45) is 0 Å². The molecule has 8 nitrogen and oxygen atoms in total. The number of hydrogen-bond acceptors (Lipinski definition) is 6. The average Bonchev–Trinajstić information content (AvgIpc) is 2.70. The molecule has 0 aliphatic carbocycles. The molecule has 0 radical (unpaired) electrons. The van der Waals surface area contributed by atoms with E-state index < -0.39 is 6.10 Å². The van der Waals surface area contributed by atoms with E-state index in [1.165, 1.54) is 0 Å². The Morgan fingerprint density at radius 2 is 2.08 bits per heavy atom. The first kappa shape index (κ1) is 18.8. The maximum absolute atomic E-state index is 12.4. The summed E-state index contributed by atoms with van der Waals surface area (Å²) in [6, 6.07) is 4.82. The number of carbonyl (C=O) groups is 2. The predicted octanol–water partition coefficient (Wildman–Crippen LogP) is -0.0312. The molecule has 2 aliphatic rings. The van der Waals surface area contributed by atoms with Gasteiger partial charge in [0.15, 0.2) is 0 Å². The maximum Gasteiger partial charge on any atom is 0.270 e. The number of hydrogen-bond donors (Lipinski definition) is 2. The van der Waals surface area contributed by atoms with Crippen LogP contribution in [0.5, 0.6) is 0 Å². The Morgan fingerprint density at radius 3 is 2.77 bits per heavy atom. The van der Waals surface area contributed by atoms with Crippen LogP contribution in [0, 0.1) is 0 Å². The van der Waals surface area contributed by atoms with Crippen molar-refractivity contribution in [1.29, 1.82) is 0 Å². The molecule has 0 spiro atoms. The van der Waals surface area contributed by atoms with Crippen molar-refractivity contribution in [1.82, 2.24) is 15.2 Å². The monoisotopic (exact) mass is 363 g/mol. The number of aliphatic hydroxyl groups excluding tert-OH is 1. The molecule has 0 aromatic carbocycles. The van der Waals surface area contributed by atoms with Crippen molar-refractivity contribution < 1.29 is 24.2 Å². The number of ether oxygens (including phenoxy) is 2. The van der Waals surface area contributed by atoms with Crippen molar-refractivity contribution in [2.75, 3.05) is 32.9 Å². The van der Waals surface area contributed by atoms with E-state index in [-0.39, 0.29) is 37.0 Å². The molecule has 1 aromatic rings. The van der Waals surface area contributed by atoms with Crippen LogP contribution in [0.1, 0.15) is 29.8 Å². The SMILES string of the molecule is O=C(N[C@H]1CC[C@H](CC(=O)N2CCOCC2)O[C@@H]1CO)c1ccccn1. The first-order valence-electron chi connectivity index (χ1n) is 9.01. The molecule has 0 bridgehead atoms. The summed E-state index contributed by atoms with van der Waals surface area (Å²) in [5.41, 5.74) is 0.328. The van der Waals surface area contributed by atoms with Crippen LogP contribution in [0.15, 0.2) is 24.4 Å². The van der Waals surface area contributed by atoms with Gasteiger partial charge in [0.2, 0.25) is 5.91 Å². The minimum Gasteiger partial charge on any atom is -0.394 e. The van der Waals surface area contributed by atoms with Crippen LogP contribution in [0.4, 0.5) is 0 Å². The molecule has 0 saturated carbocycles. The normalized spacial score (nSPS) is 26.3. The molecule has 3 heterocycles. The number of aliphatic hydroxyl groups is 1. The van der Waals surface area contributed by atoms with Crippen molar-refractivity contribution in [3.05, 3.63) is 30.1 Å². The van der Waals surface area contributed by atoms with E-state index in [1.807, 2.05) is 0 Å². The molecule has 3 rings (SSSR count). The highest BCUT2D eigenvalue weighted by atomic mass is 16.5. The van der Waals surface area contributed by atoms with Gasteiger partial charge >= 0.3 is 0 Å². The first-order chi connectivity index (χ1) is 12.7. The Balaban J connectivity index is 1.51. The molecular weight excluding hydrogens is 338 g/mol. The molecule has 2 N–H and O–H groups in total. The summed E-state index contributed by atoms with van der Waals surface area (Å²) in [5.74, 6) is -0.244. The van der Waals surface area contributed by atoms with Crippen molar-refractivity contribution in [3.8, 4) is 0 Å². The van der Waals surface area contributed by atoms with Crippen molar-refractivity contribution in [3.63, 3.8) is 0 Å². The van der Waals surface area contributed by atoms with Crippen LogP contribution < -0.4 is 5.32 Å². The molecular formula is C18H25N3O5. The summed E-state index contributed by atoms with van der Waals surface area (Å²) >= 11 is 0. The lowest BCUT2D eigenvalue weighted by atomic mass is 9.96. The van der Waals surface area contributed by atoms with Gasteiger partial charge in [-0.3, -0.25) is 14.6 Å². The third-order valence-corrected chi connectivity index (χ3v) is 4.78. The average molecular weight is 363 g/mol. The molecule has 2 fully saturated rings. The van der Waals surface area contributed by atoms with Crippen LogP contribution in [0.25, 0.3) is 0 Å².